The molecule has 2 N–H and O–H groups in total. The number of aryl methyl sites for hydroxylation is 1. The summed E-state index contributed by atoms with van der Waals surface area (Å²) in [5.74, 6) is 0.165. The summed E-state index contributed by atoms with van der Waals surface area (Å²) in [6.45, 7) is 7.24. The molecule has 2 amide bonds. The van der Waals surface area contributed by atoms with Crippen molar-refractivity contribution in [3.8, 4) is 0 Å². The van der Waals surface area contributed by atoms with Gasteiger partial charge in [0, 0.05) is 55.2 Å². The Kier molecular flexibility index (Phi) is 9.41. The van der Waals surface area contributed by atoms with Gasteiger partial charge in [-0.25, -0.2) is 0 Å². The molecule has 1 aliphatic rings. The lowest BCUT2D eigenvalue weighted by atomic mass is 9.97. The second kappa shape index (κ2) is 12.3. The van der Waals surface area contributed by atoms with E-state index in [1.807, 2.05) is 12.1 Å². The monoisotopic (exact) mass is 471 g/mol. The molecule has 0 spiro atoms. The fraction of sp³-hybridized carbons (Fsp3) is 0.577. The van der Waals surface area contributed by atoms with Crippen LogP contribution in [0.3, 0.4) is 0 Å². The molecule has 1 unspecified atom stereocenters. The molecular formula is C26H37N3O3S. The SMILES string of the molecule is CC(=O)SCC(CC(C)C)C(=O)N[C@H]1Cc2cn(c3ccccc23)CCCCCCNC1=O. The molecule has 1 aliphatic heterocycles. The van der Waals surface area contributed by atoms with Crippen molar-refractivity contribution in [3.05, 3.63) is 36.0 Å². The molecule has 2 aromatic rings. The van der Waals surface area contributed by atoms with Crippen LogP contribution in [0, 0.1) is 11.8 Å². The van der Waals surface area contributed by atoms with Crippen molar-refractivity contribution >= 4 is 39.6 Å². The maximum atomic E-state index is 13.2. The average Bonchev–Trinajstić information content (AvgIpc) is 3.12. The Bertz CT molecular complexity index is 969. The smallest absolute Gasteiger partial charge is 0.242 e. The summed E-state index contributed by atoms with van der Waals surface area (Å²) in [4.78, 5) is 37.9. The summed E-state index contributed by atoms with van der Waals surface area (Å²) < 4.78 is 2.28. The molecule has 0 saturated carbocycles. The highest BCUT2D eigenvalue weighted by molar-refractivity contribution is 8.13. The maximum absolute atomic E-state index is 13.2. The number of thioether (sulfide) groups is 1. The summed E-state index contributed by atoms with van der Waals surface area (Å²) in [7, 11) is 0. The number of rotatable bonds is 6. The molecule has 1 aromatic carbocycles. The van der Waals surface area contributed by atoms with Crippen LogP contribution in [0.25, 0.3) is 10.9 Å². The third kappa shape index (κ3) is 7.36. The lowest BCUT2D eigenvalue weighted by Crippen LogP contribution is -2.50. The highest BCUT2D eigenvalue weighted by Crippen LogP contribution is 2.24. The van der Waals surface area contributed by atoms with Crippen LogP contribution < -0.4 is 10.6 Å². The topological polar surface area (TPSA) is 80.2 Å². The van der Waals surface area contributed by atoms with Crippen LogP contribution in [-0.2, 0) is 27.3 Å². The molecule has 7 heteroatoms. The van der Waals surface area contributed by atoms with Crippen LogP contribution in [-0.4, -0.2) is 39.8 Å². The second-order valence-electron chi connectivity index (χ2n) is 9.46. The van der Waals surface area contributed by atoms with Crippen LogP contribution in [0.1, 0.15) is 58.4 Å². The first-order chi connectivity index (χ1) is 15.8. The Balaban J connectivity index is 1.86. The molecule has 0 fully saturated rings. The molecule has 2 heterocycles. The van der Waals surface area contributed by atoms with Crippen LogP contribution in [0.2, 0.25) is 0 Å². The number of para-hydroxylation sites is 1. The van der Waals surface area contributed by atoms with Gasteiger partial charge in [0.25, 0.3) is 0 Å². The van der Waals surface area contributed by atoms with Gasteiger partial charge in [0.05, 0.1) is 0 Å². The molecule has 6 nitrogen and oxygen atoms in total. The third-order valence-corrected chi connectivity index (χ3v) is 7.14. The minimum Gasteiger partial charge on any atom is -0.354 e. The number of fused-ring (bicyclic) bond motifs is 5. The standard InChI is InChI=1S/C26H37N3O3S/c1-18(2)14-21(17-33-19(3)30)25(31)28-23-15-20-16-29(24-11-7-6-10-22(20)24)13-9-5-4-8-12-27-26(23)32/h6-7,10-11,16,18,21,23H,4-5,8-9,12-15,17H2,1-3H3,(H,27,32)(H,28,31)/t21?,23-/m0/s1. The molecule has 2 atom stereocenters. The summed E-state index contributed by atoms with van der Waals surface area (Å²) >= 11 is 1.18. The predicted molar refractivity (Wildman–Crippen MR) is 135 cm³/mol. The predicted octanol–water partition coefficient (Wildman–Crippen LogP) is 4.30. The van der Waals surface area contributed by atoms with Crippen molar-refractivity contribution in [1.82, 2.24) is 15.2 Å². The van der Waals surface area contributed by atoms with Gasteiger partial charge in [0.2, 0.25) is 11.8 Å². The molecule has 180 valence electrons. The lowest BCUT2D eigenvalue weighted by molar-refractivity contribution is -0.131. The van der Waals surface area contributed by atoms with E-state index in [2.05, 4.69) is 47.4 Å². The fourth-order valence-corrected chi connectivity index (χ4v) is 5.25. The van der Waals surface area contributed by atoms with Crippen molar-refractivity contribution < 1.29 is 14.4 Å². The third-order valence-electron chi connectivity index (χ3n) is 6.17. The Morgan fingerprint density at radius 1 is 1.18 bits per heavy atom. The van der Waals surface area contributed by atoms with E-state index in [0.29, 0.717) is 31.1 Å². The summed E-state index contributed by atoms with van der Waals surface area (Å²) in [5, 5.41) is 7.21. The molecule has 0 aliphatic carbocycles. The first-order valence-corrected chi connectivity index (χ1v) is 13.1. The van der Waals surface area contributed by atoms with Gasteiger partial charge in [-0.2, -0.15) is 0 Å². The van der Waals surface area contributed by atoms with Gasteiger partial charge in [-0.3, -0.25) is 14.4 Å². The zero-order chi connectivity index (χ0) is 23.8. The van der Waals surface area contributed by atoms with E-state index in [9.17, 15) is 14.4 Å². The minimum absolute atomic E-state index is 0.00387. The molecule has 2 bridgehead atoms. The van der Waals surface area contributed by atoms with Crippen LogP contribution >= 0.6 is 11.8 Å². The van der Waals surface area contributed by atoms with Crippen molar-refractivity contribution in [2.24, 2.45) is 11.8 Å². The fourth-order valence-electron chi connectivity index (χ4n) is 4.52. The second-order valence-corrected chi connectivity index (χ2v) is 10.7. The highest BCUT2D eigenvalue weighted by Gasteiger charge is 2.28. The number of aromatic nitrogens is 1. The van der Waals surface area contributed by atoms with Gasteiger partial charge >= 0.3 is 0 Å². The van der Waals surface area contributed by atoms with E-state index in [-0.39, 0.29) is 22.8 Å². The van der Waals surface area contributed by atoms with Crippen molar-refractivity contribution in [3.63, 3.8) is 0 Å². The number of amides is 2. The molecule has 0 radical (unpaired) electrons. The molecule has 1 aromatic heterocycles. The quantitative estimate of drug-likeness (QED) is 0.658. The Morgan fingerprint density at radius 2 is 1.94 bits per heavy atom. The van der Waals surface area contributed by atoms with Gasteiger partial charge in [0.15, 0.2) is 5.12 Å². The van der Waals surface area contributed by atoms with Crippen LogP contribution in [0.5, 0.6) is 0 Å². The summed E-state index contributed by atoms with van der Waals surface area (Å²) in [6.07, 6.45) is 7.52. The van der Waals surface area contributed by atoms with E-state index in [4.69, 9.17) is 0 Å². The van der Waals surface area contributed by atoms with Crippen LogP contribution in [0.4, 0.5) is 0 Å². The van der Waals surface area contributed by atoms with E-state index < -0.39 is 6.04 Å². The molecule has 33 heavy (non-hydrogen) atoms. The first-order valence-electron chi connectivity index (χ1n) is 12.1. The summed E-state index contributed by atoms with van der Waals surface area (Å²) in [5.41, 5.74) is 2.24. The normalized spacial score (nSPS) is 18.7. The minimum atomic E-state index is -0.644. The lowest BCUT2D eigenvalue weighted by Gasteiger charge is -2.23. The van der Waals surface area contributed by atoms with Gasteiger partial charge < -0.3 is 15.2 Å². The van der Waals surface area contributed by atoms with Gasteiger partial charge in [0.1, 0.15) is 6.04 Å². The van der Waals surface area contributed by atoms with Gasteiger partial charge in [-0.05, 0) is 36.8 Å². The Hall–Kier alpha value is -2.28. The largest absolute Gasteiger partial charge is 0.354 e. The number of carbonyl (C=O) groups excluding carboxylic acids is 3. The van der Waals surface area contributed by atoms with Crippen LogP contribution in [0.15, 0.2) is 30.5 Å². The van der Waals surface area contributed by atoms with E-state index in [0.717, 1.165) is 43.2 Å². The number of nitrogens with zero attached hydrogens (tertiary/aromatic N) is 1. The number of nitrogens with one attached hydrogen (secondary N) is 2. The zero-order valence-corrected chi connectivity index (χ0v) is 20.9. The summed E-state index contributed by atoms with van der Waals surface area (Å²) in [6, 6.07) is 7.63. The highest BCUT2D eigenvalue weighted by atomic mass is 32.2. The molecule has 3 rings (SSSR count). The van der Waals surface area contributed by atoms with Crippen molar-refractivity contribution in [2.45, 2.75) is 71.9 Å². The van der Waals surface area contributed by atoms with Crippen molar-refractivity contribution in [2.75, 3.05) is 12.3 Å². The van der Waals surface area contributed by atoms with E-state index in [1.54, 1.807) is 0 Å². The van der Waals surface area contributed by atoms with E-state index >= 15 is 0 Å². The van der Waals surface area contributed by atoms with Crippen molar-refractivity contribution in [1.29, 1.82) is 0 Å². The zero-order valence-electron chi connectivity index (χ0n) is 20.1. The number of carbonyl (C=O) groups is 3. The maximum Gasteiger partial charge on any atom is 0.242 e. The van der Waals surface area contributed by atoms with Gasteiger partial charge in [-0.15, -0.1) is 0 Å². The number of hydrogen-bond acceptors (Lipinski definition) is 4. The Labute approximate surface area is 201 Å². The van der Waals surface area contributed by atoms with Gasteiger partial charge in [-0.1, -0.05) is 56.7 Å². The Morgan fingerprint density at radius 3 is 2.70 bits per heavy atom. The number of benzene rings is 1. The molecule has 0 saturated heterocycles. The molecular weight excluding hydrogens is 434 g/mol. The average molecular weight is 472 g/mol. The number of hydrogen-bond donors (Lipinski definition) is 2. The first kappa shape index (κ1) is 25.3. The van der Waals surface area contributed by atoms with E-state index in [1.165, 1.54) is 24.2 Å².